The van der Waals surface area contributed by atoms with Gasteiger partial charge in [0.1, 0.15) is 5.78 Å². The van der Waals surface area contributed by atoms with Crippen molar-refractivity contribution in [1.29, 1.82) is 0 Å². The fraction of sp³-hybridized carbons (Fsp3) is 0.609. The lowest BCUT2D eigenvalue weighted by Crippen LogP contribution is -2.62. The lowest BCUT2D eigenvalue weighted by Gasteiger charge is -2.52. The molecule has 3 N–H and O–H groups in total. The molecule has 0 spiro atoms. The number of hydrogen-bond donors (Lipinski definition) is 2. The summed E-state index contributed by atoms with van der Waals surface area (Å²) in [6.45, 7) is 2.02. The molecule has 5 rings (SSSR count). The first-order chi connectivity index (χ1) is 15.4. The second-order valence-corrected chi connectivity index (χ2v) is 9.65. The molecule has 0 radical (unpaired) electrons. The number of nitrogens with two attached hydrogens (primary N) is 1. The van der Waals surface area contributed by atoms with Gasteiger partial charge in [0.05, 0.1) is 29.3 Å². The molecule has 3 heterocycles. The first-order valence-electron chi connectivity index (χ1n) is 11.5. The molecule has 0 bridgehead atoms. The highest BCUT2D eigenvalue weighted by molar-refractivity contribution is 5.93. The van der Waals surface area contributed by atoms with Crippen molar-refractivity contribution in [3.05, 3.63) is 35.4 Å². The van der Waals surface area contributed by atoms with Crippen molar-refractivity contribution in [2.45, 2.75) is 82.3 Å². The number of hydrogen-bond acceptors (Lipinski definition) is 5. The van der Waals surface area contributed by atoms with E-state index in [9.17, 15) is 14.4 Å². The lowest BCUT2D eigenvalue weighted by atomic mass is 9.65. The summed E-state index contributed by atoms with van der Waals surface area (Å²) in [5.41, 5.74) is 7.72. The molecular weight excluding hydrogens is 408 g/mol. The van der Waals surface area contributed by atoms with Gasteiger partial charge in [-0.3, -0.25) is 14.4 Å². The second kappa shape index (κ2) is 7.86. The van der Waals surface area contributed by atoms with Crippen molar-refractivity contribution < 1.29 is 14.4 Å². The number of aryl methyl sites for hydroxylation is 1. The number of carbonyl (C=O) groups excluding carboxylic acids is 3. The number of aromatic nitrogens is 4. The normalized spacial score (nSPS) is 27.7. The zero-order chi connectivity index (χ0) is 22.5. The summed E-state index contributed by atoms with van der Waals surface area (Å²) < 4.78 is 2.03. The van der Waals surface area contributed by atoms with Crippen molar-refractivity contribution >= 4 is 17.6 Å². The zero-order valence-corrected chi connectivity index (χ0v) is 18.4. The lowest BCUT2D eigenvalue weighted by molar-refractivity contribution is -0.144. The third-order valence-corrected chi connectivity index (χ3v) is 7.78. The van der Waals surface area contributed by atoms with E-state index in [4.69, 9.17) is 5.73 Å². The summed E-state index contributed by atoms with van der Waals surface area (Å²) in [7, 11) is 0. The molecule has 2 aromatic heterocycles. The molecule has 32 heavy (non-hydrogen) atoms. The number of nitrogens with one attached hydrogen (secondary N) is 1. The van der Waals surface area contributed by atoms with Crippen LogP contribution in [0.15, 0.2) is 18.5 Å². The van der Waals surface area contributed by atoms with E-state index < -0.39 is 23.3 Å². The predicted octanol–water partition coefficient (Wildman–Crippen LogP) is 1.48. The van der Waals surface area contributed by atoms with Gasteiger partial charge in [-0.1, -0.05) is 12.8 Å². The highest BCUT2D eigenvalue weighted by Crippen LogP contribution is 2.50. The SMILES string of the molecule is CC(=O)N(C1CCCC1)C1(Cc2cn[nH]n2)CCc2ccn3c2C1C(=O)CC(C(N)=O)C3. The Morgan fingerprint density at radius 3 is 2.78 bits per heavy atom. The Kier molecular flexibility index (Phi) is 5.14. The van der Waals surface area contributed by atoms with E-state index in [2.05, 4.69) is 15.4 Å². The third-order valence-electron chi connectivity index (χ3n) is 7.78. The van der Waals surface area contributed by atoms with Crippen LogP contribution in [0.2, 0.25) is 0 Å². The molecule has 3 aliphatic rings. The molecule has 0 aromatic carbocycles. The Labute approximate surface area is 186 Å². The van der Waals surface area contributed by atoms with Crippen molar-refractivity contribution in [2.24, 2.45) is 11.7 Å². The smallest absolute Gasteiger partial charge is 0.222 e. The van der Waals surface area contributed by atoms with Crippen molar-refractivity contribution in [3.63, 3.8) is 0 Å². The molecular formula is C23H30N6O3. The summed E-state index contributed by atoms with van der Waals surface area (Å²) in [5.74, 6) is -1.55. The first kappa shape index (κ1) is 20.9. The Morgan fingerprint density at radius 2 is 2.12 bits per heavy atom. The van der Waals surface area contributed by atoms with E-state index in [-0.39, 0.29) is 24.2 Å². The number of H-pyrrole nitrogens is 1. The molecule has 170 valence electrons. The Morgan fingerprint density at radius 1 is 1.34 bits per heavy atom. The zero-order valence-electron chi connectivity index (χ0n) is 18.4. The molecule has 0 saturated heterocycles. The quantitative estimate of drug-likeness (QED) is 0.731. The van der Waals surface area contributed by atoms with Gasteiger partial charge in [0, 0.05) is 44.2 Å². The number of rotatable bonds is 5. The molecule has 2 aliphatic carbocycles. The third kappa shape index (κ3) is 3.25. The number of Topliss-reactive ketones (excluding diaryl/α,β-unsaturated/α-hetero) is 1. The van der Waals surface area contributed by atoms with E-state index >= 15 is 0 Å². The monoisotopic (exact) mass is 438 g/mol. The van der Waals surface area contributed by atoms with Gasteiger partial charge in [-0.05, 0) is 37.3 Å². The number of amides is 2. The van der Waals surface area contributed by atoms with Gasteiger partial charge in [0.25, 0.3) is 0 Å². The van der Waals surface area contributed by atoms with E-state index in [1.165, 1.54) is 0 Å². The molecule has 3 atom stereocenters. The van der Waals surface area contributed by atoms with Crippen LogP contribution >= 0.6 is 0 Å². The van der Waals surface area contributed by atoms with Crippen LogP contribution in [0.4, 0.5) is 0 Å². The highest BCUT2D eigenvalue weighted by Gasteiger charge is 2.56. The standard InChI is InChI=1S/C23H30N6O3/c1-14(30)29(18-4-2-3-5-18)23(11-17-12-25-27-26-17)8-6-15-7-9-28-13-16(22(24)32)10-19(31)20(23)21(15)28/h7,9,12,16,18,20H,2-6,8,10-11,13H2,1H3,(H2,24,32)(H,25,26,27). The average molecular weight is 439 g/mol. The maximum Gasteiger partial charge on any atom is 0.222 e. The molecule has 9 heteroatoms. The number of ketones is 1. The maximum absolute atomic E-state index is 13.9. The topological polar surface area (TPSA) is 127 Å². The van der Waals surface area contributed by atoms with Crippen LogP contribution in [0, 0.1) is 5.92 Å². The molecule has 1 fully saturated rings. The van der Waals surface area contributed by atoms with Crippen LogP contribution in [-0.4, -0.2) is 54.1 Å². The van der Waals surface area contributed by atoms with Crippen LogP contribution in [-0.2, 0) is 33.8 Å². The number of primary amides is 1. The molecule has 2 amide bonds. The fourth-order valence-electron chi connectivity index (χ4n) is 6.56. The summed E-state index contributed by atoms with van der Waals surface area (Å²) in [6.07, 6.45) is 9.67. The van der Waals surface area contributed by atoms with E-state index in [0.717, 1.165) is 49.1 Å². The van der Waals surface area contributed by atoms with Gasteiger partial charge in [-0.2, -0.15) is 15.4 Å². The average Bonchev–Trinajstić information content (AvgIpc) is 3.49. The predicted molar refractivity (Wildman–Crippen MR) is 115 cm³/mol. The van der Waals surface area contributed by atoms with Crippen LogP contribution < -0.4 is 5.73 Å². The minimum absolute atomic E-state index is 0.00884. The van der Waals surface area contributed by atoms with Crippen LogP contribution in [0.5, 0.6) is 0 Å². The van der Waals surface area contributed by atoms with E-state index in [1.807, 2.05) is 21.7 Å². The molecule has 2 aromatic rings. The van der Waals surface area contributed by atoms with Crippen molar-refractivity contribution in [2.75, 3.05) is 0 Å². The van der Waals surface area contributed by atoms with Crippen molar-refractivity contribution in [3.8, 4) is 0 Å². The molecule has 9 nitrogen and oxygen atoms in total. The van der Waals surface area contributed by atoms with Gasteiger partial charge in [0.2, 0.25) is 11.8 Å². The van der Waals surface area contributed by atoms with Gasteiger partial charge in [-0.15, -0.1) is 0 Å². The van der Waals surface area contributed by atoms with Gasteiger partial charge >= 0.3 is 0 Å². The Bertz CT molecular complexity index is 1040. The number of aromatic amines is 1. The maximum atomic E-state index is 13.9. The van der Waals surface area contributed by atoms with Crippen LogP contribution in [0.3, 0.4) is 0 Å². The highest BCUT2D eigenvalue weighted by atomic mass is 16.2. The molecule has 1 aliphatic heterocycles. The Hall–Kier alpha value is -2.97. The fourth-order valence-corrected chi connectivity index (χ4v) is 6.56. The minimum atomic E-state index is -0.746. The van der Waals surface area contributed by atoms with Gasteiger partial charge in [0.15, 0.2) is 0 Å². The minimum Gasteiger partial charge on any atom is -0.369 e. The van der Waals surface area contributed by atoms with E-state index in [0.29, 0.717) is 19.4 Å². The summed E-state index contributed by atoms with van der Waals surface area (Å²) in [4.78, 5) is 41.3. The van der Waals surface area contributed by atoms with E-state index in [1.54, 1.807) is 13.1 Å². The first-order valence-corrected chi connectivity index (χ1v) is 11.5. The molecule has 1 saturated carbocycles. The van der Waals surface area contributed by atoms with Crippen LogP contribution in [0.25, 0.3) is 0 Å². The van der Waals surface area contributed by atoms with Gasteiger partial charge in [-0.25, -0.2) is 0 Å². The Balaban J connectivity index is 1.69. The van der Waals surface area contributed by atoms with Crippen LogP contribution in [0.1, 0.15) is 68.3 Å². The molecule has 3 unspecified atom stereocenters. The second-order valence-electron chi connectivity index (χ2n) is 9.65. The summed E-state index contributed by atoms with van der Waals surface area (Å²) >= 11 is 0. The summed E-state index contributed by atoms with van der Waals surface area (Å²) in [5, 5.41) is 11.0. The number of nitrogens with zero attached hydrogens (tertiary/aromatic N) is 4. The summed E-state index contributed by atoms with van der Waals surface area (Å²) in [6, 6.07) is 2.15. The largest absolute Gasteiger partial charge is 0.369 e. The van der Waals surface area contributed by atoms with Gasteiger partial charge < -0.3 is 15.2 Å². The number of carbonyl (C=O) groups is 3. The van der Waals surface area contributed by atoms with Crippen molar-refractivity contribution in [1.82, 2.24) is 24.9 Å².